The minimum absolute atomic E-state index is 0.715. The predicted octanol–water partition coefficient (Wildman–Crippen LogP) is 3.32. The second kappa shape index (κ2) is 8.15. The molecule has 0 radical (unpaired) electrons. The molecule has 0 amide bonds. The Kier molecular flexibility index (Phi) is 6.21. The highest BCUT2D eigenvalue weighted by Gasteiger charge is 2.04. The largest absolute Gasteiger partial charge is 0.356 e. The maximum absolute atomic E-state index is 5.88. The molecular weight excluding hydrogens is 316 g/mol. The molecule has 0 aliphatic rings. The molecule has 2 rings (SSSR count). The third-order valence-corrected chi connectivity index (χ3v) is 4.69. The van der Waals surface area contributed by atoms with E-state index in [2.05, 4.69) is 34.5 Å². The van der Waals surface area contributed by atoms with Crippen molar-refractivity contribution in [2.45, 2.75) is 26.8 Å². The van der Waals surface area contributed by atoms with E-state index in [1.54, 1.807) is 18.4 Å². The van der Waals surface area contributed by atoms with Crippen molar-refractivity contribution in [3.63, 3.8) is 0 Å². The molecule has 1 heterocycles. The van der Waals surface area contributed by atoms with E-state index >= 15 is 0 Å². The average molecular weight is 337 g/mol. The first kappa shape index (κ1) is 16.8. The summed E-state index contributed by atoms with van der Waals surface area (Å²) < 4.78 is 0. The normalized spacial score (nSPS) is 11.5. The van der Waals surface area contributed by atoms with E-state index in [0.29, 0.717) is 6.54 Å². The monoisotopic (exact) mass is 336 g/mol. The van der Waals surface area contributed by atoms with Gasteiger partial charge in [-0.2, -0.15) is 0 Å². The third-order valence-electron chi connectivity index (χ3n) is 3.30. The zero-order valence-corrected chi connectivity index (χ0v) is 14.7. The molecule has 2 aromatic rings. The fourth-order valence-electron chi connectivity index (χ4n) is 1.94. The SMILES string of the molecule is CN=C(NCCc1nc(C)c(C)s1)NCc1ccc(Cl)cc1. The summed E-state index contributed by atoms with van der Waals surface area (Å²) in [6, 6.07) is 7.79. The number of thiazole rings is 1. The molecule has 0 atom stereocenters. The van der Waals surface area contributed by atoms with E-state index in [4.69, 9.17) is 11.6 Å². The average Bonchev–Trinajstić information content (AvgIpc) is 2.83. The minimum atomic E-state index is 0.715. The molecule has 0 spiro atoms. The van der Waals surface area contributed by atoms with Gasteiger partial charge in [0, 0.05) is 36.5 Å². The van der Waals surface area contributed by atoms with Crippen molar-refractivity contribution < 1.29 is 0 Å². The number of aromatic nitrogens is 1. The number of rotatable bonds is 5. The number of guanidine groups is 1. The van der Waals surface area contributed by atoms with Gasteiger partial charge < -0.3 is 10.6 Å². The fraction of sp³-hybridized carbons (Fsp3) is 0.375. The second-order valence-corrected chi connectivity index (χ2v) is 6.70. The molecule has 0 bridgehead atoms. The molecule has 6 heteroatoms. The summed E-state index contributed by atoms with van der Waals surface area (Å²) in [6.45, 7) is 5.69. The van der Waals surface area contributed by atoms with Crippen LogP contribution in [-0.4, -0.2) is 24.5 Å². The molecule has 0 fully saturated rings. The van der Waals surface area contributed by atoms with E-state index in [1.165, 1.54) is 10.4 Å². The van der Waals surface area contributed by atoms with Gasteiger partial charge in [-0.05, 0) is 31.5 Å². The van der Waals surface area contributed by atoms with Gasteiger partial charge in [-0.3, -0.25) is 4.99 Å². The highest BCUT2D eigenvalue weighted by Crippen LogP contribution is 2.16. The molecule has 4 nitrogen and oxygen atoms in total. The van der Waals surface area contributed by atoms with Gasteiger partial charge in [0.2, 0.25) is 0 Å². The Bertz CT molecular complexity index is 615. The molecule has 1 aromatic heterocycles. The van der Waals surface area contributed by atoms with Crippen LogP contribution in [0.25, 0.3) is 0 Å². The highest BCUT2D eigenvalue weighted by atomic mass is 35.5. The Morgan fingerprint density at radius 3 is 2.55 bits per heavy atom. The zero-order chi connectivity index (χ0) is 15.9. The first-order valence-corrected chi connectivity index (χ1v) is 8.40. The van der Waals surface area contributed by atoms with Crippen LogP contribution < -0.4 is 10.6 Å². The van der Waals surface area contributed by atoms with Crippen LogP contribution in [0, 0.1) is 13.8 Å². The van der Waals surface area contributed by atoms with Crippen LogP contribution in [0.3, 0.4) is 0 Å². The number of aliphatic imine (C=N–C) groups is 1. The molecule has 0 unspecified atom stereocenters. The zero-order valence-electron chi connectivity index (χ0n) is 13.1. The third kappa shape index (κ3) is 5.00. The standard InChI is InChI=1S/C16H21ClN4S/c1-11-12(2)22-15(21-11)8-9-19-16(18-3)20-10-13-4-6-14(17)7-5-13/h4-7H,8-10H2,1-3H3,(H2,18,19,20). The van der Waals surface area contributed by atoms with Crippen LogP contribution in [0.4, 0.5) is 0 Å². The highest BCUT2D eigenvalue weighted by molar-refractivity contribution is 7.11. The Balaban J connectivity index is 1.76. The van der Waals surface area contributed by atoms with Crippen LogP contribution in [-0.2, 0) is 13.0 Å². The Labute approximate surface area is 140 Å². The lowest BCUT2D eigenvalue weighted by Crippen LogP contribution is -2.37. The van der Waals surface area contributed by atoms with Gasteiger partial charge in [0.05, 0.1) is 10.7 Å². The van der Waals surface area contributed by atoms with Crippen molar-refractivity contribution in [3.05, 3.63) is 50.4 Å². The molecule has 118 valence electrons. The van der Waals surface area contributed by atoms with Gasteiger partial charge in [0.15, 0.2) is 5.96 Å². The smallest absolute Gasteiger partial charge is 0.191 e. The summed E-state index contributed by atoms with van der Waals surface area (Å²) in [5.41, 5.74) is 2.30. The minimum Gasteiger partial charge on any atom is -0.356 e. The summed E-state index contributed by atoms with van der Waals surface area (Å²) in [7, 11) is 1.77. The molecule has 2 N–H and O–H groups in total. The van der Waals surface area contributed by atoms with E-state index in [-0.39, 0.29) is 0 Å². The Morgan fingerprint density at radius 2 is 1.95 bits per heavy atom. The molecule has 0 saturated heterocycles. The Morgan fingerprint density at radius 1 is 1.23 bits per heavy atom. The lowest BCUT2D eigenvalue weighted by atomic mass is 10.2. The fourth-order valence-corrected chi connectivity index (χ4v) is 3.00. The number of hydrogen-bond donors (Lipinski definition) is 2. The summed E-state index contributed by atoms with van der Waals surface area (Å²) >= 11 is 7.64. The van der Waals surface area contributed by atoms with Crippen molar-refractivity contribution >= 4 is 28.9 Å². The van der Waals surface area contributed by atoms with Crippen LogP contribution in [0.1, 0.15) is 21.1 Å². The molecule has 0 aliphatic heterocycles. The molecule has 22 heavy (non-hydrogen) atoms. The topological polar surface area (TPSA) is 49.3 Å². The molecule has 0 saturated carbocycles. The summed E-state index contributed by atoms with van der Waals surface area (Å²) in [5.74, 6) is 0.792. The van der Waals surface area contributed by atoms with Gasteiger partial charge in [0.1, 0.15) is 0 Å². The van der Waals surface area contributed by atoms with Crippen LogP contribution in [0.15, 0.2) is 29.3 Å². The number of nitrogens with one attached hydrogen (secondary N) is 2. The number of hydrogen-bond acceptors (Lipinski definition) is 3. The van der Waals surface area contributed by atoms with E-state index < -0.39 is 0 Å². The number of aryl methyl sites for hydroxylation is 2. The van der Waals surface area contributed by atoms with Crippen LogP contribution >= 0.6 is 22.9 Å². The summed E-state index contributed by atoms with van der Waals surface area (Å²) in [5, 5.41) is 8.51. The van der Waals surface area contributed by atoms with Crippen molar-refractivity contribution in [1.82, 2.24) is 15.6 Å². The van der Waals surface area contributed by atoms with Crippen molar-refractivity contribution in [1.29, 1.82) is 0 Å². The molecule has 0 aliphatic carbocycles. The quantitative estimate of drug-likeness (QED) is 0.650. The second-order valence-electron chi connectivity index (χ2n) is 4.98. The maximum atomic E-state index is 5.88. The predicted molar refractivity (Wildman–Crippen MR) is 94.9 cm³/mol. The van der Waals surface area contributed by atoms with E-state index in [0.717, 1.165) is 34.6 Å². The van der Waals surface area contributed by atoms with Crippen molar-refractivity contribution in [2.75, 3.05) is 13.6 Å². The van der Waals surface area contributed by atoms with Crippen LogP contribution in [0.2, 0.25) is 5.02 Å². The van der Waals surface area contributed by atoms with Crippen LogP contribution in [0.5, 0.6) is 0 Å². The molecule has 1 aromatic carbocycles. The van der Waals surface area contributed by atoms with Crippen molar-refractivity contribution in [3.8, 4) is 0 Å². The first-order valence-electron chi connectivity index (χ1n) is 7.20. The number of halogens is 1. The number of benzene rings is 1. The summed E-state index contributed by atoms with van der Waals surface area (Å²) in [6.07, 6.45) is 0.904. The lowest BCUT2D eigenvalue weighted by Gasteiger charge is -2.11. The van der Waals surface area contributed by atoms with E-state index in [9.17, 15) is 0 Å². The summed E-state index contributed by atoms with van der Waals surface area (Å²) in [4.78, 5) is 10.1. The lowest BCUT2D eigenvalue weighted by molar-refractivity contribution is 0.791. The maximum Gasteiger partial charge on any atom is 0.191 e. The molecular formula is C16H21ClN4S. The van der Waals surface area contributed by atoms with Gasteiger partial charge in [-0.15, -0.1) is 11.3 Å². The van der Waals surface area contributed by atoms with Gasteiger partial charge in [-0.1, -0.05) is 23.7 Å². The van der Waals surface area contributed by atoms with Crippen molar-refractivity contribution in [2.24, 2.45) is 4.99 Å². The van der Waals surface area contributed by atoms with Gasteiger partial charge >= 0.3 is 0 Å². The number of nitrogens with zero attached hydrogens (tertiary/aromatic N) is 2. The Hall–Kier alpha value is -1.59. The van der Waals surface area contributed by atoms with Gasteiger partial charge in [-0.25, -0.2) is 4.98 Å². The van der Waals surface area contributed by atoms with Gasteiger partial charge in [0.25, 0.3) is 0 Å². The first-order chi connectivity index (χ1) is 10.6. The van der Waals surface area contributed by atoms with E-state index in [1.807, 2.05) is 24.3 Å².